The summed E-state index contributed by atoms with van der Waals surface area (Å²) in [5.74, 6) is -1.28. The molecule has 0 aromatic carbocycles. The van der Waals surface area contributed by atoms with Crippen LogP contribution in [0.4, 0.5) is 0 Å². The summed E-state index contributed by atoms with van der Waals surface area (Å²) in [6.45, 7) is 5.15. The van der Waals surface area contributed by atoms with Gasteiger partial charge in [0, 0.05) is 10.0 Å². The number of carbonyl (C=O) groups excluding carboxylic acids is 1. The average molecular weight is 320 g/mol. The molecule has 17 heavy (non-hydrogen) atoms. The Morgan fingerprint density at radius 1 is 1.47 bits per heavy atom. The predicted molar refractivity (Wildman–Crippen MR) is 70.4 cm³/mol. The van der Waals surface area contributed by atoms with Crippen molar-refractivity contribution in [1.29, 1.82) is 0 Å². The summed E-state index contributed by atoms with van der Waals surface area (Å²) in [5.41, 5.74) is -0.529. The normalized spacial score (nSPS) is 11.3. The quantitative estimate of drug-likeness (QED) is 0.932. The molecule has 0 spiro atoms. The molecule has 1 rings (SSSR count). The molecule has 0 fully saturated rings. The highest BCUT2D eigenvalue weighted by molar-refractivity contribution is 9.10. The molecule has 0 aliphatic carbocycles. The predicted octanol–water partition coefficient (Wildman–Crippen LogP) is 2.84. The van der Waals surface area contributed by atoms with Crippen molar-refractivity contribution in [3.63, 3.8) is 0 Å². The third-order valence-corrected chi connectivity index (χ3v) is 3.99. The van der Waals surface area contributed by atoms with E-state index in [0.717, 1.165) is 0 Å². The first-order chi connectivity index (χ1) is 7.73. The number of carboxylic acid groups (broad SMARTS) is 1. The second kappa shape index (κ2) is 5.18. The van der Waals surface area contributed by atoms with Gasteiger partial charge in [0.1, 0.15) is 11.4 Å². The van der Waals surface area contributed by atoms with Crippen molar-refractivity contribution in [2.45, 2.75) is 26.3 Å². The molecule has 0 atom stereocenters. The Morgan fingerprint density at radius 3 is 2.41 bits per heavy atom. The van der Waals surface area contributed by atoms with Gasteiger partial charge in [-0.25, -0.2) is 0 Å². The Balaban J connectivity index is 3.04. The van der Waals surface area contributed by atoms with Gasteiger partial charge < -0.3 is 10.0 Å². The number of hydrogen-bond donors (Lipinski definition) is 1. The van der Waals surface area contributed by atoms with Crippen molar-refractivity contribution in [3.8, 4) is 0 Å². The lowest BCUT2D eigenvalue weighted by atomic mass is 10.1. The van der Waals surface area contributed by atoms with Crippen molar-refractivity contribution in [1.82, 2.24) is 4.90 Å². The van der Waals surface area contributed by atoms with Crippen LogP contribution in [-0.2, 0) is 4.79 Å². The zero-order valence-electron chi connectivity index (χ0n) is 9.86. The van der Waals surface area contributed by atoms with Crippen molar-refractivity contribution in [2.75, 3.05) is 6.54 Å². The number of carboxylic acids is 1. The molecular formula is C11H14BrNO3S. The van der Waals surface area contributed by atoms with Crippen LogP contribution < -0.4 is 0 Å². The van der Waals surface area contributed by atoms with Crippen molar-refractivity contribution in [2.24, 2.45) is 0 Å². The molecule has 0 aliphatic heterocycles. The van der Waals surface area contributed by atoms with Gasteiger partial charge in [0.25, 0.3) is 5.91 Å². The zero-order valence-corrected chi connectivity index (χ0v) is 12.3. The fourth-order valence-corrected chi connectivity index (χ4v) is 2.81. The topological polar surface area (TPSA) is 57.6 Å². The molecule has 1 heterocycles. The number of hydrogen-bond acceptors (Lipinski definition) is 3. The van der Waals surface area contributed by atoms with Gasteiger partial charge in [-0.3, -0.25) is 9.59 Å². The van der Waals surface area contributed by atoms with Crippen LogP contribution in [0.5, 0.6) is 0 Å². The monoisotopic (exact) mass is 319 g/mol. The molecule has 1 aromatic rings. The maximum Gasteiger partial charge on any atom is 0.323 e. The van der Waals surface area contributed by atoms with E-state index in [4.69, 9.17) is 5.11 Å². The third kappa shape index (κ3) is 3.54. The van der Waals surface area contributed by atoms with Crippen LogP contribution in [0, 0.1) is 0 Å². The molecule has 0 radical (unpaired) electrons. The lowest BCUT2D eigenvalue weighted by Gasteiger charge is -2.34. The van der Waals surface area contributed by atoms with Crippen LogP contribution >= 0.6 is 27.3 Å². The fraction of sp³-hybridized carbons (Fsp3) is 0.455. The van der Waals surface area contributed by atoms with E-state index < -0.39 is 11.5 Å². The van der Waals surface area contributed by atoms with Crippen LogP contribution in [0.1, 0.15) is 30.4 Å². The largest absolute Gasteiger partial charge is 0.480 e. The minimum absolute atomic E-state index is 0.262. The summed E-state index contributed by atoms with van der Waals surface area (Å²) in [7, 11) is 0. The van der Waals surface area contributed by atoms with Crippen molar-refractivity contribution < 1.29 is 14.7 Å². The average Bonchev–Trinajstić information content (AvgIpc) is 2.58. The Kier molecular flexibility index (Phi) is 4.32. The number of nitrogens with zero attached hydrogens (tertiary/aromatic N) is 1. The number of halogens is 1. The molecule has 1 N–H and O–H groups in total. The summed E-state index contributed by atoms with van der Waals surface area (Å²) < 4.78 is 0.701. The zero-order chi connectivity index (χ0) is 13.2. The first-order valence-electron chi connectivity index (χ1n) is 5.00. The summed E-state index contributed by atoms with van der Waals surface area (Å²) in [6.07, 6.45) is 0. The van der Waals surface area contributed by atoms with E-state index in [1.54, 1.807) is 11.4 Å². The number of rotatable bonds is 3. The summed E-state index contributed by atoms with van der Waals surface area (Å²) in [4.78, 5) is 24.9. The molecular weight excluding hydrogens is 306 g/mol. The fourth-order valence-electron chi connectivity index (χ4n) is 1.32. The molecule has 6 heteroatoms. The number of carbonyl (C=O) groups is 2. The molecule has 0 saturated carbocycles. The van der Waals surface area contributed by atoms with E-state index in [2.05, 4.69) is 15.9 Å². The lowest BCUT2D eigenvalue weighted by Crippen LogP contribution is -2.48. The van der Waals surface area contributed by atoms with Crippen LogP contribution in [-0.4, -0.2) is 34.0 Å². The highest BCUT2D eigenvalue weighted by Gasteiger charge is 2.30. The van der Waals surface area contributed by atoms with E-state index >= 15 is 0 Å². The van der Waals surface area contributed by atoms with Gasteiger partial charge in [0.05, 0.1) is 0 Å². The first kappa shape index (κ1) is 14.2. The van der Waals surface area contributed by atoms with Crippen LogP contribution in [0.15, 0.2) is 15.9 Å². The maximum atomic E-state index is 12.3. The van der Waals surface area contributed by atoms with Gasteiger partial charge in [-0.2, -0.15) is 0 Å². The van der Waals surface area contributed by atoms with E-state index in [1.165, 1.54) is 16.2 Å². The molecule has 1 amide bonds. The van der Waals surface area contributed by atoms with Crippen LogP contribution in [0.2, 0.25) is 0 Å². The van der Waals surface area contributed by atoms with Gasteiger partial charge in [-0.1, -0.05) is 0 Å². The highest BCUT2D eigenvalue weighted by Crippen LogP contribution is 2.26. The second-order valence-corrected chi connectivity index (χ2v) is 6.32. The van der Waals surface area contributed by atoms with Crippen molar-refractivity contribution in [3.05, 3.63) is 20.8 Å². The smallest absolute Gasteiger partial charge is 0.323 e. The molecule has 4 nitrogen and oxygen atoms in total. The Hall–Kier alpha value is -0.880. The molecule has 0 saturated heterocycles. The Labute approximate surface area is 112 Å². The summed E-state index contributed by atoms with van der Waals surface area (Å²) in [6, 6.07) is 1.78. The van der Waals surface area contributed by atoms with E-state index in [1.807, 2.05) is 20.8 Å². The molecule has 0 unspecified atom stereocenters. The minimum atomic E-state index is -1.01. The maximum absolute atomic E-state index is 12.3. The van der Waals surface area contributed by atoms with Gasteiger partial charge >= 0.3 is 5.97 Å². The SMILES string of the molecule is CC(C)(C)N(CC(=O)O)C(=O)c1sccc1Br. The lowest BCUT2D eigenvalue weighted by molar-refractivity contribution is -0.138. The van der Waals surface area contributed by atoms with Crippen LogP contribution in [0.25, 0.3) is 0 Å². The summed E-state index contributed by atoms with van der Waals surface area (Å²) in [5, 5.41) is 10.7. The van der Waals surface area contributed by atoms with Gasteiger partial charge in [0.15, 0.2) is 0 Å². The van der Waals surface area contributed by atoms with Crippen LogP contribution in [0.3, 0.4) is 0 Å². The van der Waals surface area contributed by atoms with Gasteiger partial charge in [-0.05, 0) is 48.1 Å². The van der Waals surface area contributed by atoms with E-state index in [-0.39, 0.29) is 12.5 Å². The minimum Gasteiger partial charge on any atom is -0.480 e. The van der Waals surface area contributed by atoms with Crippen molar-refractivity contribution >= 4 is 39.1 Å². The molecule has 0 aliphatic rings. The molecule has 1 aromatic heterocycles. The molecule has 0 bridgehead atoms. The number of aliphatic carboxylic acids is 1. The van der Waals surface area contributed by atoms with Gasteiger partial charge in [-0.15, -0.1) is 11.3 Å². The number of amides is 1. The molecule has 94 valence electrons. The standard InChI is InChI=1S/C11H14BrNO3S/c1-11(2,3)13(6-8(14)15)10(16)9-7(12)4-5-17-9/h4-5H,6H2,1-3H3,(H,14,15). The third-order valence-electron chi connectivity index (χ3n) is 2.16. The number of thiophene rings is 1. The second-order valence-electron chi connectivity index (χ2n) is 4.55. The van der Waals surface area contributed by atoms with Gasteiger partial charge in [0.2, 0.25) is 0 Å². The van der Waals surface area contributed by atoms with E-state index in [9.17, 15) is 9.59 Å². The Bertz CT molecular complexity index is 436. The summed E-state index contributed by atoms with van der Waals surface area (Å²) >= 11 is 4.58. The first-order valence-corrected chi connectivity index (χ1v) is 6.67. The van der Waals surface area contributed by atoms with E-state index in [0.29, 0.717) is 9.35 Å². The highest BCUT2D eigenvalue weighted by atomic mass is 79.9. The Morgan fingerprint density at radius 2 is 2.06 bits per heavy atom.